The third kappa shape index (κ3) is 3.99. The lowest BCUT2D eigenvalue weighted by atomic mass is 9.85. The van der Waals surface area contributed by atoms with Gasteiger partial charge in [-0.2, -0.15) is 0 Å². The highest BCUT2D eigenvalue weighted by Crippen LogP contribution is 2.45. The van der Waals surface area contributed by atoms with Crippen LogP contribution < -0.4 is 5.69 Å². The van der Waals surface area contributed by atoms with Crippen LogP contribution in [0.2, 0.25) is 0 Å². The van der Waals surface area contributed by atoms with Crippen LogP contribution in [-0.2, 0) is 13.5 Å². The minimum atomic E-state index is -0.0576. The van der Waals surface area contributed by atoms with Crippen LogP contribution in [0.25, 0.3) is 93.9 Å². The van der Waals surface area contributed by atoms with Crippen molar-refractivity contribution in [1.29, 1.82) is 0 Å². The van der Waals surface area contributed by atoms with Crippen molar-refractivity contribution in [1.82, 2.24) is 18.5 Å². The van der Waals surface area contributed by atoms with Gasteiger partial charge in [-0.15, -0.1) is 0 Å². The molecule has 10 aromatic rings. The van der Waals surface area contributed by atoms with Crippen molar-refractivity contribution in [2.45, 2.75) is 12.8 Å². The first kappa shape index (κ1) is 29.1. The Morgan fingerprint density at radius 3 is 1.87 bits per heavy atom. The van der Waals surface area contributed by atoms with Crippen LogP contribution in [0.4, 0.5) is 0 Å². The monoisotopic (exact) mass is 668 g/mol. The van der Waals surface area contributed by atoms with Gasteiger partial charge in [-0.3, -0.25) is 4.57 Å². The molecule has 0 saturated carbocycles. The van der Waals surface area contributed by atoms with Gasteiger partial charge in [-0.25, -0.2) is 14.2 Å². The molecule has 1 aliphatic carbocycles. The highest BCUT2D eigenvalue weighted by Gasteiger charge is 2.22. The molecule has 7 aromatic carbocycles. The van der Waals surface area contributed by atoms with Gasteiger partial charge < -0.3 is 4.57 Å². The molecule has 3 heterocycles. The van der Waals surface area contributed by atoms with Crippen LogP contribution in [0.3, 0.4) is 0 Å². The van der Waals surface area contributed by atoms with Crippen LogP contribution in [0.15, 0.2) is 150 Å². The fourth-order valence-electron chi connectivity index (χ4n) is 8.79. The lowest BCUT2D eigenvalue weighted by Crippen LogP contribution is -2.26. The second kappa shape index (κ2) is 10.9. The zero-order valence-corrected chi connectivity index (χ0v) is 28.5. The van der Waals surface area contributed by atoms with Crippen molar-refractivity contribution in [3.63, 3.8) is 0 Å². The molecule has 5 nitrogen and oxygen atoms in total. The van der Waals surface area contributed by atoms with E-state index in [1.54, 1.807) is 4.57 Å². The zero-order valence-electron chi connectivity index (χ0n) is 28.5. The Morgan fingerprint density at radius 1 is 0.558 bits per heavy atom. The first-order valence-electron chi connectivity index (χ1n) is 17.9. The van der Waals surface area contributed by atoms with Gasteiger partial charge in [-0.1, -0.05) is 103 Å². The number of fused-ring (bicyclic) bond motifs is 10. The van der Waals surface area contributed by atoms with Crippen molar-refractivity contribution >= 4 is 66.0 Å². The lowest BCUT2D eigenvalue weighted by Gasteiger charge is -2.18. The molecule has 0 fully saturated rings. The molecular formula is C47H32N4O. The van der Waals surface area contributed by atoms with Gasteiger partial charge >= 0.3 is 5.69 Å². The molecule has 0 unspecified atom stereocenters. The predicted octanol–water partition coefficient (Wildman–Crippen LogP) is 10.9. The molecule has 11 rings (SSSR count). The first-order valence-corrected chi connectivity index (χ1v) is 17.9. The van der Waals surface area contributed by atoms with Gasteiger partial charge in [0.05, 0.1) is 27.9 Å². The van der Waals surface area contributed by atoms with E-state index in [1.807, 2.05) is 17.5 Å². The standard InChI is InChI=1S/C47H32N4O/c1-49-43-28-30(23-25-37(43)46-48-39-20-10-12-22-42(39)51(46)47(49)52)45-35-18-7-5-16-33(35)44(34-17-6-8-19-36(34)45)29-24-26-41-38(27-29)32-15-9-11-21-40(32)50(41)31-13-3-2-4-14-31/h2-11,13-21,23-28H,12,22H2,1H3. The van der Waals surface area contributed by atoms with E-state index in [0.717, 1.165) is 57.6 Å². The van der Waals surface area contributed by atoms with Crippen LogP contribution in [0.5, 0.6) is 0 Å². The number of nitrogens with zero attached hydrogens (tertiary/aromatic N) is 4. The third-order valence-electron chi connectivity index (χ3n) is 11.1. The molecular weight excluding hydrogens is 637 g/mol. The molecule has 0 radical (unpaired) electrons. The summed E-state index contributed by atoms with van der Waals surface area (Å²) in [6, 6.07) is 50.3. The number of para-hydroxylation sites is 2. The molecule has 0 saturated heterocycles. The van der Waals surface area contributed by atoms with Gasteiger partial charge in [0.15, 0.2) is 5.65 Å². The van der Waals surface area contributed by atoms with Gasteiger partial charge in [0.2, 0.25) is 0 Å². The van der Waals surface area contributed by atoms with Crippen LogP contribution >= 0.6 is 0 Å². The minimum absolute atomic E-state index is 0.0576. The van der Waals surface area contributed by atoms with Gasteiger partial charge in [0.1, 0.15) is 0 Å². The SMILES string of the molecule is Cn1c(=O)n2c3c(nc2c2ccc(-c4c5ccccc5c(-c5ccc6c(c5)c5ccccc5n6-c5ccccc5)c5ccccc45)cc21)C=CCC3. The summed E-state index contributed by atoms with van der Waals surface area (Å²) in [4.78, 5) is 18.8. The Morgan fingerprint density at radius 2 is 1.15 bits per heavy atom. The highest BCUT2D eigenvalue weighted by molar-refractivity contribution is 6.22. The zero-order chi connectivity index (χ0) is 34.5. The molecule has 0 atom stereocenters. The van der Waals surface area contributed by atoms with Crippen LogP contribution in [0.1, 0.15) is 17.8 Å². The number of rotatable bonds is 3. The summed E-state index contributed by atoms with van der Waals surface area (Å²) in [7, 11) is 1.88. The van der Waals surface area contributed by atoms with Crippen molar-refractivity contribution < 1.29 is 0 Å². The molecule has 1 aliphatic rings. The van der Waals surface area contributed by atoms with E-state index in [9.17, 15) is 4.79 Å². The summed E-state index contributed by atoms with van der Waals surface area (Å²) in [6.45, 7) is 0. The Hall–Kier alpha value is -6.72. The number of aromatic nitrogens is 4. The van der Waals surface area contributed by atoms with E-state index in [1.165, 1.54) is 54.5 Å². The molecule has 52 heavy (non-hydrogen) atoms. The molecule has 3 aromatic heterocycles. The molecule has 5 heteroatoms. The summed E-state index contributed by atoms with van der Waals surface area (Å²) in [5, 5.41) is 8.18. The summed E-state index contributed by atoms with van der Waals surface area (Å²) in [5.41, 5.74) is 11.6. The maximum atomic E-state index is 13.9. The topological polar surface area (TPSA) is 44.2 Å². The molecule has 0 bridgehead atoms. The average molecular weight is 669 g/mol. The van der Waals surface area contributed by atoms with E-state index >= 15 is 0 Å². The van der Waals surface area contributed by atoms with Crippen LogP contribution in [0, 0.1) is 0 Å². The maximum absolute atomic E-state index is 13.9. The molecule has 246 valence electrons. The Labute approximate surface area is 298 Å². The van der Waals surface area contributed by atoms with Crippen molar-refractivity contribution in [2.75, 3.05) is 0 Å². The van der Waals surface area contributed by atoms with E-state index in [-0.39, 0.29) is 5.69 Å². The van der Waals surface area contributed by atoms with Crippen molar-refractivity contribution in [2.24, 2.45) is 7.05 Å². The number of imidazole rings is 1. The fraction of sp³-hybridized carbons (Fsp3) is 0.0638. The number of allylic oxidation sites excluding steroid dienone is 1. The molecule has 0 aliphatic heterocycles. The highest BCUT2D eigenvalue weighted by atomic mass is 16.1. The summed E-state index contributed by atoms with van der Waals surface area (Å²) < 4.78 is 5.96. The summed E-state index contributed by atoms with van der Waals surface area (Å²) >= 11 is 0. The van der Waals surface area contributed by atoms with Crippen molar-refractivity contribution in [3.05, 3.63) is 167 Å². The van der Waals surface area contributed by atoms with E-state index in [0.29, 0.717) is 0 Å². The Balaban J connectivity index is 1.18. The average Bonchev–Trinajstić information content (AvgIpc) is 3.75. The van der Waals surface area contributed by atoms with Gasteiger partial charge in [-0.05, 0) is 105 Å². The van der Waals surface area contributed by atoms with Crippen LogP contribution in [-0.4, -0.2) is 18.5 Å². The van der Waals surface area contributed by atoms with E-state index in [2.05, 4.69) is 150 Å². The maximum Gasteiger partial charge on any atom is 0.334 e. The smallest absolute Gasteiger partial charge is 0.309 e. The Bertz CT molecular complexity index is 3160. The Kier molecular flexibility index (Phi) is 6.08. The molecule has 0 spiro atoms. The first-order chi connectivity index (χ1) is 25.7. The minimum Gasteiger partial charge on any atom is -0.309 e. The molecule has 0 amide bonds. The second-order valence-electron chi connectivity index (χ2n) is 13.9. The lowest BCUT2D eigenvalue weighted by molar-refractivity contribution is 0.790. The summed E-state index contributed by atoms with van der Waals surface area (Å²) in [6.07, 6.45) is 5.92. The van der Waals surface area contributed by atoms with Gasteiger partial charge in [0.25, 0.3) is 0 Å². The normalized spacial score (nSPS) is 12.9. The predicted molar refractivity (Wildman–Crippen MR) is 216 cm³/mol. The fourth-order valence-corrected chi connectivity index (χ4v) is 8.79. The number of aryl methyl sites for hydroxylation is 2. The second-order valence-corrected chi connectivity index (χ2v) is 13.9. The quantitative estimate of drug-likeness (QED) is 0.176. The van der Waals surface area contributed by atoms with E-state index in [4.69, 9.17) is 4.98 Å². The summed E-state index contributed by atoms with van der Waals surface area (Å²) in [5.74, 6) is 0. The van der Waals surface area contributed by atoms with Gasteiger partial charge in [0, 0.05) is 28.9 Å². The number of hydrogen-bond acceptors (Lipinski definition) is 2. The number of benzene rings is 7. The third-order valence-corrected chi connectivity index (χ3v) is 11.1. The number of hydrogen-bond donors (Lipinski definition) is 0. The van der Waals surface area contributed by atoms with E-state index < -0.39 is 0 Å². The largest absolute Gasteiger partial charge is 0.334 e. The molecule has 0 N–H and O–H groups in total. The van der Waals surface area contributed by atoms with Crippen molar-refractivity contribution in [3.8, 4) is 27.9 Å².